The van der Waals surface area contributed by atoms with Crippen molar-refractivity contribution in [3.8, 4) is 5.75 Å². The van der Waals surface area contributed by atoms with E-state index in [1.807, 2.05) is 66.7 Å². The first-order valence-corrected chi connectivity index (χ1v) is 13.4. The van der Waals surface area contributed by atoms with E-state index in [1.54, 1.807) is 7.11 Å². The lowest BCUT2D eigenvalue weighted by Gasteiger charge is -2.40. The molecule has 5 rings (SSSR count). The Balaban J connectivity index is 1.10. The van der Waals surface area contributed by atoms with Gasteiger partial charge < -0.3 is 19.3 Å². The molecule has 0 bridgehead atoms. The number of aliphatic hydroxyl groups is 1. The van der Waals surface area contributed by atoms with Crippen molar-refractivity contribution in [3.63, 3.8) is 0 Å². The molecule has 0 radical (unpaired) electrons. The second-order valence-corrected chi connectivity index (χ2v) is 10.2. The van der Waals surface area contributed by atoms with Gasteiger partial charge in [0.25, 0.3) is 0 Å². The number of unbranched alkanes of at least 4 members (excludes halogenated alkanes) is 1. The predicted molar refractivity (Wildman–Crippen MR) is 142 cm³/mol. The quantitative estimate of drug-likeness (QED) is 0.286. The lowest BCUT2D eigenvalue weighted by Crippen LogP contribution is -2.45. The fourth-order valence-electron chi connectivity index (χ4n) is 5.69. The number of aliphatic hydroxyl groups excluding tert-OH is 1. The number of benzene rings is 2. The fourth-order valence-corrected chi connectivity index (χ4v) is 5.69. The standard InChI is InChI=1S/C31H35NO6/c1-36-23-13-11-22(12-14-23)20-37-17-7-3-6-10-24-18-26(33)29-27(38-24)16-15-25-28(29)31(35)32(30(25)34)19-21-8-4-2-5-9-21/h2,4-6,8-14,16,24-26,28-29,33H,3,7,15,17-20H2,1H3/b10-6+/t24-,25-,26+,28-,29+/m1/s1. The lowest BCUT2D eigenvalue weighted by molar-refractivity contribution is -0.142. The number of imide groups is 1. The van der Waals surface area contributed by atoms with E-state index in [9.17, 15) is 14.7 Å². The molecule has 200 valence electrons. The number of hydrogen-bond acceptors (Lipinski definition) is 6. The minimum atomic E-state index is -0.737. The Labute approximate surface area is 223 Å². The van der Waals surface area contributed by atoms with Gasteiger partial charge in [-0.1, -0.05) is 48.5 Å². The highest BCUT2D eigenvalue weighted by molar-refractivity contribution is 6.05. The molecule has 0 saturated carbocycles. The van der Waals surface area contributed by atoms with Crippen molar-refractivity contribution in [3.05, 3.63) is 89.7 Å². The Morgan fingerprint density at radius 2 is 1.82 bits per heavy atom. The van der Waals surface area contributed by atoms with Gasteiger partial charge in [0, 0.05) is 13.0 Å². The number of hydrogen-bond donors (Lipinski definition) is 1. The van der Waals surface area contributed by atoms with E-state index in [0.29, 0.717) is 31.8 Å². The van der Waals surface area contributed by atoms with E-state index in [0.717, 1.165) is 29.7 Å². The van der Waals surface area contributed by atoms with E-state index >= 15 is 0 Å². The molecule has 38 heavy (non-hydrogen) atoms. The molecule has 0 aromatic heterocycles. The van der Waals surface area contributed by atoms with Crippen LogP contribution in [-0.4, -0.2) is 47.7 Å². The summed E-state index contributed by atoms with van der Waals surface area (Å²) >= 11 is 0. The van der Waals surface area contributed by atoms with Gasteiger partial charge in [0.05, 0.1) is 49.9 Å². The van der Waals surface area contributed by atoms with Gasteiger partial charge in [-0.25, -0.2) is 0 Å². The largest absolute Gasteiger partial charge is 0.497 e. The molecule has 0 spiro atoms. The number of carbonyl (C=O) groups excluding carboxylic acids is 2. The summed E-state index contributed by atoms with van der Waals surface area (Å²) in [5.74, 6) is -0.338. The van der Waals surface area contributed by atoms with E-state index in [-0.39, 0.29) is 24.5 Å². The summed E-state index contributed by atoms with van der Waals surface area (Å²) in [6.07, 6.45) is 7.54. The first-order chi connectivity index (χ1) is 18.5. The number of ether oxygens (including phenoxy) is 3. The summed E-state index contributed by atoms with van der Waals surface area (Å²) in [5, 5.41) is 11.1. The molecule has 0 unspecified atom stereocenters. The Morgan fingerprint density at radius 3 is 2.58 bits per heavy atom. The van der Waals surface area contributed by atoms with Crippen molar-refractivity contribution in [2.45, 2.75) is 51.0 Å². The maximum atomic E-state index is 13.3. The summed E-state index contributed by atoms with van der Waals surface area (Å²) in [5.41, 5.74) is 2.02. The van der Waals surface area contributed by atoms with E-state index < -0.39 is 23.9 Å². The van der Waals surface area contributed by atoms with Crippen molar-refractivity contribution in [1.82, 2.24) is 4.90 Å². The zero-order valence-corrected chi connectivity index (χ0v) is 21.7. The molecule has 2 amide bonds. The highest BCUT2D eigenvalue weighted by atomic mass is 16.5. The number of allylic oxidation sites excluding steroid dienone is 2. The van der Waals surface area contributed by atoms with Crippen molar-refractivity contribution in [2.75, 3.05) is 13.7 Å². The molecule has 2 aliphatic heterocycles. The Bertz CT molecular complexity index is 1170. The molecule has 2 aromatic carbocycles. The Hall–Kier alpha value is -3.42. The number of nitrogens with zero attached hydrogens (tertiary/aromatic N) is 1. The zero-order valence-electron chi connectivity index (χ0n) is 21.7. The normalized spacial score (nSPS) is 26.6. The van der Waals surface area contributed by atoms with Crippen LogP contribution in [0.15, 0.2) is 78.6 Å². The van der Waals surface area contributed by atoms with Crippen molar-refractivity contribution >= 4 is 11.8 Å². The minimum Gasteiger partial charge on any atom is -0.497 e. The second kappa shape index (κ2) is 12.0. The van der Waals surface area contributed by atoms with Crippen molar-refractivity contribution in [1.29, 1.82) is 0 Å². The van der Waals surface area contributed by atoms with E-state index in [1.165, 1.54) is 4.90 Å². The van der Waals surface area contributed by atoms with Crippen LogP contribution in [0.5, 0.6) is 5.75 Å². The number of methoxy groups -OCH3 is 1. The van der Waals surface area contributed by atoms with Gasteiger partial charge in [-0.3, -0.25) is 14.5 Å². The summed E-state index contributed by atoms with van der Waals surface area (Å²) in [7, 11) is 1.65. The van der Waals surface area contributed by atoms with Gasteiger partial charge in [-0.2, -0.15) is 0 Å². The maximum Gasteiger partial charge on any atom is 0.234 e. The molecule has 1 aliphatic carbocycles. The van der Waals surface area contributed by atoms with Gasteiger partial charge in [-0.15, -0.1) is 0 Å². The van der Waals surface area contributed by atoms with Gasteiger partial charge >= 0.3 is 0 Å². The van der Waals surface area contributed by atoms with E-state index in [4.69, 9.17) is 14.2 Å². The van der Waals surface area contributed by atoms with Gasteiger partial charge in [0.2, 0.25) is 11.8 Å². The molecule has 2 saturated heterocycles. The third-order valence-corrected chi connectivity index (χ3v) is 7.65. The lowest BCUT2D eigenvalue weighted by atomic mass is 9.71. The van der Waals surface area contributed by atoms with Gasteiger partial charge in [-0.05, 0) is 54.7 Å². The summed E-state index contributed by atoms with van der Waals surface area (Å²) < 4.78 is 17.1. The van der Waals surface area contributed by atoms with Crippen molar-refractivity contribution in [2.24, 2.45) is 17.8 Å². The minimum absolute atomic E-state index is 0.150. The van der Waals surface area contributed by atoms with Crippen LogP contribution in [0.2, 0.25) is 0 Å². The third-order valence-electron chi connectivity index (χ3n) is 7.65. The van der Waals surface area contributed by atoms with Crippen LogP contribution >= 0.6 is 0 Å². The highest BCUT2D eigenvalue weighted by Crippen LogP contribution is 2.47. The third kappa shape index (κ3) is 5.69. The molecular formula is C31H35NO6. The average Bonchev–Trinajstić information content (AvgIpc) is 3.18. The first kappa shape index (κ1) is 26.2. The number of rotatable bonds is 10. The molecule has 5 atom stereocenters. The molecule has 2 fully saturated rings. The van der Waals surface area contributed by atoms with Crippen LogP contribution in [0.25, 0.3) is 0 Å². The van der Waals surface area contributed by atoms with E-state index in [2.05, 4.69) is 6.08 Å². The van der Waals surface area contributed by atoms with Crippen LogP contribution in [0.4, 0.5) is 0 Å². The van der Waals surface area contributed by atoms with Crippen LogP contribution < -0.4 is 4.74 Å². The predicted octanol–water partition coefficient (Wildman–Crippen LogP) is 4.40. The zero-order chi connectivity index (χ0) is 26.5. The summed E-state index contributed by atoms with van der Waals surface area (Å²) in [6.45, 7) is 1.48. The average molecular weight is 518 g/mol. The molecule has 2 aromatic rings. The molecule has 2 heterocycles. The Kier molecular flexibility index (Phi) is 8.25. The SMILES string of the molecule is COc1ccc(COCCC/C=C/[C@@H]2C[C@H](O)[C@H]3C(=CC[C@H]4C(=O)N(Cc5ccccc5)C(=O)[C@@H]34)O2)cc1. The topological polar surface area (TPSA) is 85.3 Å². The molecule has 3 aliphatic rings. The number of amides is 2. The first-order valence-electron chi connectivity index (χ1n) is 13.4. The van der Waals surface area contributed by atoms with Gasteiger partial charge in [0.15, 0.2) is 0 Å². The summed E-state index contributed by atoms with van der Waals surface area (Å²) in [4.78, 5) is 27.8. The van der Waals surface area contributed by atoms with Crippen LogP contribution in [0.3, 0.4) is 0 Å². The molecule has 7 heteroatoms. The monoisotopic (exact) mass is 517 g/mol. The highest BCUT2D eigenvalue weighted by Gasteiger charge is 2.56. The number of likely N-dealkylation sites (tertiary alicyclic amines) is 1. The number of carbonyl (C=O) groups is 2. The smallest absolute Gasteiger partial charge is 0.234 e. The van der Waals surface area contributed by atoms with Crippen molar-refractivity contribution < 1.29 is 28.9 Å². The van der Waals surface area contributed by atoms with Gasteiger partial charge in [0.1, 0.15) is 11.9 Å². The summed E-state index contributed by atoms with van der Waals surface area (Å²) in [6, 6.07) is 17.4. The molecule has 1 N–H and O–H groups in total. The number of fused-ring (bicyclic) bond motifs is 3. The second-order valence-electron chi connectivity index (χ2n) is 10.2. The Morgan fingerprint density at radius 1 is 1.03 bits per heavy atom. The molecule has 7 nitrogen and oxygen atoms in total. The van der Waals surface area contributed by atoms with Crippen LogP contribution in [0.1, 0.15) is 36.8 Å². The fraction of sp³-hybridized carbons (Fsp3) is 0.419. The van der Waals surface area contributed by atoms with Crippen LogP contribution in [-0.2, 0) is 32.2 Å². The molecular weight excluding hydrogens is 482 g/mol. The van der Waals surface area contributed by atoms with Crippen LogP contribution in [0, 0.1) is 17.8 Å². The maximum absolute atomic E-state index is 13.3.